The van der Waals surface area contributed by atoms with Crippen LogP contribution >= 0.6 is 11.8 Å². The number of thioether (sulfide) groups is 1. The molecule has 3 aromatic carbocycles. The van der Waals surface area contributed by atoms with Gasteiger partial charge in [0.1, 0.15) is 5.82 Å². The van der Waals surface area contributed by atoms with E-state index in [-0.39, 0.29) is 17.6 Å². The Morgan fingerprint density at radius 3 is 2.33 bits per heavy atom. The number of ether oxygens (including phenoxy) is 1. The summed E-state index contributed by atoms with van der Waals surface area (Å²) < 4.78 is 6.87. The molecule has 0 saturated carbocycles. The van der Waals surface area contributed by atoms with Gasteiger partial charge in [-0.05, 0) is 48.4 Å². The van der Waals surface area contributed by atoms with E-state index < -0.39 is 0 Å². The highest BCUT2D eigenvalue weighted by Crippen LogP contribution is 2.24. The van der Waals surface area contributed by atoms with E-state index in [9.17, 15) is 9.59 Å². The molecule has 0 aliphatic carbocycles. The number of hydrogen-bond donors (Lipinski definition) is 1. The molecule has 1 N–H and O–H groups in total. The first-order chi connectivity index (χ1) is 17.6. The smallest absolute Gasteiger partial charge is 0.330 e. The first kappa shape index (κ1) is 24.9. The molecule has 0 radical (unpaired) electrons. The molecule has 4 aromatic rings. The molecule has 0 unspecified atom stereocenters. The van der Waals surface area contributed by atoms with E-state index in [4.69, 9.17) is 4.74 Å². The van der Waals surface area contributed by atoms with Gasteiger partial charge in [0.2, 0.25) is 5.91 Å². The van der Waals surface area contributed by atoms with Crippen molar-refractivity contribution in [2.45, 2.75) is 18.5 Å². The summed E-state index contributed by atoms with van der Waals surface area (Å²) in [4.78, 5) is 24.1. The second-order valence-corrected chi connectivity index (χ2v) is 8.72. The first-order valence-electron chi connectivity index (χ1n) is 11.5. The lowest BCUT2D eigenvalue weighted by atomic mass is 10.1. The van der Waals surface area contributed by atoms with E-state index in [2.05, 4.69) is 27.6 Å². The van der Waals surface area contributed by atoms with Crippen LogP contribution in [0.4, 0.5) is 5.69 Å². The normalized spacial score (nSPS) is 10.9. The Balaban J connectivity index is 1.41. The highest BCUT2D eigenvalue weighted by Gasteiger charge is 2.16. The lowest BCUT2D eigenvalue weighted by Crippen LogP contribution is -2.14. The van der Waals surface area contributed by atoms with E-state index in [1.165, 1.54) is 17.8 Å². The molecule has 0 fully saturated rings. The highest BCUT2D eigenvalue weighted by atomic mass is 32.2. The number of carbonyl (C=O) groups excluding carboxylic acids is 2. The number of nitrogens with zero attached hydrogens (tertiary/aromatic N) is 3. The van der Waals surface area contributed by atoms with Crippen LogP contribution in [0.5, 0.6) is 0 Å². The standard InChI is InChI=1S/C28H26N4O3S/c1-2-35-27(34)18-15-21-13-16-23(17-14-21)29-26(33)20-36-28-31-30-25(19-22-9-5-3-6-10-22)32(28)24-11-7-4-8-12-24/h3-18H,2,19-20H2,1H3,(H,29,33)/b18-15+. The molecule has 0 aliphatic heterocycles. The molecule has 1 amide bonds. The number of hydrogen-bond acceptors (Lipinski definition) is 6. The largest absolute Gasteiger partial charge is 0.463 e. The lowest BCUT2D eigenvalue weighted by Gasteiger charge is -2.10. The predicted molar refractivity (Wildman–Crippen MR) is 142 cm³/mol. The zero-order chi connectivity index (χ0) is 25.2. The van der Waals surface area contributed by atoms with Gasteiger partial charge in [0.25, 0.3) is 0 Å². The first-order valence-corrected chi connectivity index (χ1v) is 12.5. The quantitative estimate of drug-likeness (QED) is 0.185. The monoisotopic (exact) mass is 498 g/mol. The van der Waals surface area contributed by atoms with Gasteiger partial charge in [-0.1, -0.05) is 72.4 Å². The molecule has 0 aliphatic rings. The Kier molecular flexibility index (Phi) is 8.67. The Morgan fingerprint density at radius 2 is 1.64 bits per heavy atom. The molecule has 0 bridgehead atoms. The fraction of sp³-hybridized carbons (Fsp3) is 0.143. The molecule has 4 rings (SSSR count). The van der Waals surface area contributed by atoms with E-state index in [0.717, 1.165) is 22.6 Å². The molecule has 1 heterocycles. The average Bonchev–Trinajstić information content (AvgIpc) is 3.30. The van der Waals surface area contributed by atoms with Crippen LogP contribution in [0.3, 0.4) is 0 Å². The summed E-state index contributed by atoms with van der Waals surface area (Å²) in [6.45, 7) is 2.10. The van der Waals surface area contributed by atoms with Crippen molar-refractivity contribution >= 4 is 35.4 Å². The fourth-order valence-corrected chi connectivity index (χ4v) is 4.25. The van der Waals surface area contributed by atoms with Crippen molar-refractivity contribution in [2.75, 3.05) is 17.7 Å². The molecule has 36 heavy (non-hydrogen) atoms. The SMILES string of the molecule is CCOC(=O)/C=C/c1ccc(NC(=O)CSc2nnc(Cc3ccccc3)n2-c2ccccc2)cc1. The maximum absolute atomic E-state index is 12.6. The van der Waals surface area contributed by atoms with Gasteiger partial charge in [-0.2, -0.15) is 0 Å². The number of rotatable bonds is 10. The lowest BCUT2D eigenvalue weighted by molar-refractivity contribution is -0.137. The molecule has 1 aromatic heterocycles. The molecule has 0 atom stereocenters. The van der Waals surface area contributed by atoms with Gasteiger partial charge in [0.15, 0.2) is 5.16 Å². The van der Waals surface area contributed by atoms with Crippen LogP contribution in [0.2, 0.25) is 0 Å². The average molecular weight is 499 g/mol. The topological polar surface area (TPSA) is 86.1 Å². The predicted octanol–water partition coefficient (Wildman–Crippen LogP) is 5.17. The molecule has 0 saturated heterocycles. The summed E-state index contributed by atoms with van der Waals surface area (Å²) in [5.41, 5.74) is 3.58. The van der Waals surface area contributed by atoms with Gasteiger partial charge in [0.05, 0.1) is 12.4 Å². The maximum Gasteiger partial charge on any atom is 0.330 e. The van der Waals surface area contributed by atoms with Crippen LogP contribution in [0.25, 0.3) is 11.8 Å². The van der Waals surface area contributed by atoms with Crippen LogP contribution in [-0.2, 0) is 20.7 Å². The number of esters is 1. The van der Waals surface area contributed by atoms with Crippen molar-refractivity contribution in [1.82, 2.24) is 14.8 Å². The van der Waals surface area contributed by atoms with E-state index >= 15 is 0 Å². The number of benzene rings is 3. The van der Waals surface area contributed by atoms with E-state index in [1.807, 2.05) is 65.2 Å². The molecular weight excluding hydrogens is 472 g/mol. The van der Waals surface area contributed by atoms with Gasteiger partial charge in [-0.15, -0.1) is 10.2 Å². The molecule has 7 nitrogen and oxygen atoms in total. The minimum Gasteiger partial charge on any atom is -0.463 e. The minimum absolute atomic E-state index is 0.151. The van der Waals surface area contributed by atoms with Crippen LogP contribution < -0.4 is 5.32 Å². The third-order valence-corrected chi connectivity index (χ3v) is 6.07. The fourth-order valence-electron chi connectivity index (χ4n) is 3.48. The second kappa shape index (κ2) is 12.5. The molecule has 8 heteroatoms. The Bertz CT molecular complexity index is 1320. The number of anilines is 1. The van der Waals surface area contributed by atoms with Crippen molar-refractivity contribution in [3.05, 3.63) is 108 Å². The summed E-state index contributed by atoms with van der Waals surface area (Å²) in [6, 6.07) is 27.2. The molecular formula is C28H26N4O3S. The van der Waals surface area contributed by atoms with Gasteiger partial charge in [-0.3, -0.25) is 9.36 Å². The van der Waals surface area contributed by atoms with Crippen molar-refractivity contribution in [1.29, 1.82) is 0 Å². The second-order valence-electron chi connectivity index (χ2n) is 7.78. The summed E-state index contributed by atoms with van der Waals surface area (Å²) >= 11 is 1.33. The number of carbonyl (C=O) groups is 2. The number of nitrogens with one attached hydrogen (secondary N) is 1. The van der Waals surface area contributed by atoms with E-state index in [0.29, 0.717) is 23.9 Å². The van der Waals surface area contributed by atoms with Crippen LogP contribution in [0, 0.1) is 0 Å². The Hall–Kier alpha value is -4.17. The third-order valence-electron chi connectivity index (χ3n) is 5.15. The Morgan fingerprint density at radius 1 is 0.944 bits per heavy atom. The van der Waals surface area contributed by atoms with Crippen LogP contribution in [0.1, 0.15) is 23.9 Å². The third kappa shape index (κ3) is 6.93. The van der Waals surface area contributed by atoms with Crippen LogP contribution in [0.15, 0.2) is 96.2 Å². The van der Waals surface area contributed by atoms with Crippen LogP contribution in [-0.4, -0.2) is 39.0 Å². The maximum atomic E-state index is 12.6. The van der Waals surface area contributed by atoms with Gasteiger partial charge in [0, 0.05) is 23.9 Å². The minimum atomic E-state index is -0.387. The van der Waals surface area contributed by atoms with Crippen molar-refractivity contribution in [3.8, 4) is 5.69 Å². The summed E-state index contributed by atoms with van der Waals surface area (Å²) in [5, 5.41) is 12.4. The van der Waals surface area contributed by atoms with Crippen molar-refractivity contribution in [3.63, 3.8) is 0 Å². The Labute approximate surface area is 214 Å². The van der Waals surface area contributed by atoms with Gasteiger partial charge >= 0.3 is 5.97 Å². The number of aromatic nitrogens is 3. The number of amides is 1. The highest BCUT2D eigenvalue weighted by molar-refractivity contribution is 7.99. The van der Waals surface area contributed by atoms with Crippen molar-refractivity contribution in [2.24, 2.45) is 0 Å². The number of para-hydroxylation sites is 1. The zero-order valence-corrected chi connectivity index (χ0v) is 20.7. The summed E-state index contributed by atoms with van der Waals surface area (Å²) in [7, 11) is 0. The van der Waals surface area contributed by atoms with Gasteiger partial charge < -0.3 is 10.1 Å². The van der Waals surface area contributed by atoms with Gasteiger partial charge in [-0.25, -0.2) is 4.79 Å². The zero-order valence-electron chi connectivity index (χ0n) is 19.8. The molecule has 0 spiro atoms. The molecule has 182 valence electrons. The summed E-state index contributed by atoms with van der Waals surface area (Å²) in [5.74, 6) is 0.451. The summed E-state index contributed by atoms with van der Waals surface area (Å²) in [6.07, 6.45) is 3.68. The van der Waals surface area contributed by atoms with Crippen molar-refractivity contribution < 1.29 is 14.3 Å². The van der Waals surface area contributed by atoms with E-state index in [1.54, 1.807) is 25.1 Å².